The Hall–Kier alpha value is -3.12. The maximum atomic E-state index is 13.9. The van der Waals surface area contributed by atoms with E-state index in [4.69, 9.17) is 4.74 Å². The van der Waals surface area contributed by atoms with Crippen molar-refractivity contribution >= 4 is 10.9 Å². The van der Waals surface area contributed by atoms with E-state index < -0.39 is 17.5 Å². The lowest BCUT2D eigenvalue weighted by Gasteiger charge is -2.38. The van der Waals surface area contributed by atoms with Gasteiger partial charge in [-0.2, -0.15) is 0 Å². The smallest absolute Gasteiger partial charge is 0.174 e. The lowest BCUT2D eigenvalue weighted by molar-refractivity contribution is 0.0707. The third-order valence-corrected chi connectivity index (χ3v) is 7.50. The van der Waals surface area contributed by atoms with Gasteiger partial charge in [-0.1, -0.05) is 11.8 Å². The van der Waals surface area contributed by atoms with E-state index in [-0.39, 0.29) is 24.1 Å². The van der Waals surface area contributed by atoms with Crippen LogP contribution in [0.15, 0.2) is 42.6 Å². The van der Waals surface area contributed by atoms with Gasteiger partial charge in [-0.25, -0.2) is 13.2 Å². The fourth-order valence-corrected chi connectivity index (χ4v) is 5.41. The molecule has 0 saturated carbocycles. The Morgan fingerprint density at radius 3 is 2.71 bits per heavy atom. The summed E-state index contributed by atoms with van der Waals surface area (Å²) in [5.74, 6) is 3.38. The van der Waals surface area contributed by atoms with Crippen LogP contribution in [-0.4, -0.2) is 67.3 Å². The van der Waals surface area contributed by atoms with Crippen molar-refractivity contribution < 1.29 is 23.0 Å². The van der Waals surface area contributed by atoms with Crippen LogP contribution in [0.4, 0.5) is 13.2 Å². The van der Waals surface area contributed by atoms with E-state index in [9.17, 15) is 18.3 Å². The number of likely N-dealkylation sites (tertiary alicyclic amines) is 1. The van der Waals surface area contributed by atoms with Gasteiger partial charge in [-0.15, -0.1) is 0 Å². The highest BCUT2D eigenvalue weighted by molar-refractivity contribution is 5.84. The van der Waals surface area contributed by atoms with Crippen molar-refractivity contribution in [3.63, 3.8) is 0 Å². The number of halogens is 3. The third-order valence-electron chi connectivity index (χ3n) is 7.50. The minimum atomic E-state index is -1.25. The molecule has 0 amide bonds. The van der Waals surface area contributed by atoms with E-state index in [1.165, 1.54) is 5.56 Å². The summed E-state index contributed by atoms with van der Waals surface area (Å²) < 4.78 is 46.1. The molecule has 3 aromatic rings. The van der Waals surface area contributed by atoms with Gasteiger partial charge < -0.3 is 14.7 Å². The maximum Gasteiger partial charge on any atom is 0.174 e. The molecule has 0 spiro atoms. The summed E-state index contributed by atoms with van der Waals surface area (Å²) in [4.78, 5) is 8.84. The van der Waals surface area contributed by atoms with Gasteiger partial charge >= 0.3 is 0 Å². The van der Waals surface area contributed by atoms with E-state index in [2.05, 4.69) is 46.8 Å². The van der Waals surface area contributed by atoms with Crippen LogP contribution in [-0.2, 0) is 0 Å². The first kappa shape index (κ1) is 27.9. The highest BCUT2D eigenvalue weighted by Crippen LogP contribution is 2.35. The summed E-state index contributed by atoms with van der Waals surface area (Å²) in [6.07, 6.45) is 4.63. The molecule has 1 N–H and O–H groups in total. The van der Waals surface area contributed by atoms with Crippen molar-refractivity contribution in [3.8, 4) is 17.6 Å². The largest absolute Gasteiger partial charge is 0.497 e. The van der Waals surface area contributed by atoms with Crippen molar-refractivity contribution in [3.05, 3.63) is 71.2 Å². The lowest BCUT2D eigenvalue weighted by atomic mass is 9.81. The van der Waals surface area contributed by atoms with Crippen LogP contribution in [0, 0.1) is 41.1 Å². The minimum absolute atomic E-state index is 0.0698. The molecule has 38 heavy (non-hydrogen) atoms. The zero-order chi connectivity index (χ0) is 27.2. The van der Waals surface area contributed by atoms with Crippen molar-refractivity contribution in [1.29, 1.82) is 0 Å². The molecule has 0 aliphatic carbocycles. The number of hydrogen-bond donors (Lipinski definition) is 1. The number of nitrogens with zero attached hydrogens (tertiary/aromatic N) is 3. The monoisotopic (exact) mass is 525 g/mol. The predicted octanol–water partition coefficient (Wildman–Crippen LogP) is 5.03. The average molecular weight is 526 g/mol. The summed E-state index contributed by atoms with van der Waals surface area (Å²) in [5.41, 5.74) is 1.85. The van der Waals surface area contributed by atoms with Gasteiger partial charge in [0.15, 0.2) is 11.6 Å². The molecular weight excluding hydrogens is 491 g/mol. The second kappa shape index (κ2) is 12.6. The molecule has 0 bridgehead atoms. The molecule has 1 aliphatic rings. The van der Waals surface area contributed by atoms with Crippen LogP contribution >= 0.6 is 0 Å². The van der Waals surface area contributed by atoms with Crippen LogP contribution in [0.1, 0.15) is 36.4 Å². The molecule has 4 rings (SSSR count). The van der Waals surface area contributed by atoms with Gasteiger partial charge in [0.2, 0.25) is 0 Å². The first-order valence-corrected chi connectivity index (χ1v) is 12.9. The fourth-order valence-electron chi connectivity index (χ4n) is 5.41. The molecule has 0 radical (unpaired) electrons. The maximum absolute atomic E-state index is 13.9. The van der Waals surface area contributed by atoms with Gasteiger partial charge in [0.05, 0.1) is 24.7 Å². The van der Waals surface area contributed by atoms with Crippen LogP contribution in [0.3, 0.4) is 0 Å². The third kappa shape index (κ3) is 6.47. The fraction of sp³-hybridized carbons (Fsp3) is 0.433. The van der Waals surface area contributed by atoms with Gasteiger partial charge in [0.1, 0.15) is 11.6 Å². The van der Waals surface area contributed by atoms with Crippen molar-refractivity contribution in [2.45, 2.75) is 25.3 Å². The summed E-state index contributed by atoms with van der Waals surface area (Å²) in [7, 11) is 5.82. The highest BCUT2D eigenvalue weighted by atomic mass is 19.2. The highest BCUT2D eigenvalue weighted by Gasteiger charge is 2.29. The molecule has 1 fully saturated rings. The zero-order valence-electron chi connectivity index (χ0n) is 22.1. The summed E-state index contributed by atoms with van der Waals surface area (Å²) in [6, 6.07) is 9.59. The van der Waals surface area contributed by atoms with Gasteiger partial charge in [0.25, 0.3) is 0 Å². The predicted molar refractivity (Wildman–Crippen MR) is 142 cm³/mol. The standard InChI is InChI=1S/C30H34F3N3O2/c1-35(2)29(25-10-12-34-28-8-7-24(38-3)17-26(25)28)9-6-20-11-14-36(18-22(20)19-37)13-4-5-21-15-23(31)16-27(32)30(21)33/h7-8,10,12,15-17,20,22,29,37H,6,9,11,13-14,18-19H2,1-3H3/t20-,22-,29?/m1/s1. The number of hydrogen-bond acceptors (Lipinski definition) is 5. The molecule has 2 heterocycles. The second-order valence-corrected chi connectivity index (χ2v) is 10.1. The first-order chi connectivity index (χ1) is 18.3. The molecule has 8 heteroatoms. The topological polar surface area (TPSA) is 48.8 Å². The Morgan fingerprint density at radius 1 is 1.16 bits per heavy atom. The Morgan fingerprint density at radius 2 is 1.97 bits per heavy atom. The summed E-state index contributed by atoms with van der Waals surface area (Å²) in [5, 5.41) is 11.2. The number of aliphatic hydroxyl groups excluding tert-OH is 1. The summed E-state index contributed by atoms with van der Waals surface area (Å²) >= 11 is 0. The Balaban J connectivity index is 1.41. The molecule has 2 aromatic carbocycles. The minimum Gasteiger partial charge on any atom is -0.497 e. The van der Waals surface area contributed by atoms with Crippen LogP contribution < -0.4 is 4.74 Å². The molecule has 202 valence electrons. The number of pyridine rings is 1. The molecule has 5 nitrogen and oxygen atoms in total. The number of aromatic nitrogens is 1. The molecule has 3 atom stereocenters. The van der Waals surface area contributed by atoms with Crippen molar-refractivity contribution in [1.82, 2.24) is 14.8 Å². The quantitative estimate of drug-likeness (QED) is 0.331. The lowest BCUT2D eigenvalue weighted by Crippen LogP contribution is -2.42. The SMILES string of the molecule is COc1ccc2nccc(C(CC[C@@H]3CCN(CC#Cc4cc(F)cc(F)c4F)C[C@@H]3CO)N(C)C)c2c1. The van der Waals surface area contributed by atoms with E-state index in [0.717, 1.165) is 48.5 Å². The van der Waals surface area contributed by atoms with E-state index in [1.807, 2.05) is 24.4 Å². The number of piperidine rings is 1. The van der Waals surface area contributed by atoms with E-state index >= 15 is 0 Å². The van der Waals surface area contributed by atoms with Gasteiger partial charge in [-0.3, -0.25) is 9.88 Å². The molecular formula is C30H34F3N3O2. The van der Waals surface area contributed by atoms with Gasteiger partial charge in [-0.05, 0) is 87.6 Å². The van der Waals surface area contributed by atoms with E-state index in [0.29, 0.717) is 25.1 Å². The van der Waals surface area contributed by atoms with Crippen LogP contribution in [0.5, 0.6) is 5.75 Å². The van der Waals surface area contributed by atoms with Crippen molar-refractivity contribution in [2.75, 3.05) is 47.4 Å². The summed E-state index contributed by atoms with van der Waals surface area (Å²) in [6.45, 7) is 1.86. The number of ether oxygens (including phenoxy) is 1. The molecule has 1 aliphatic heterocycles. The molecule has 1 unspecified atom stereocenters. The number of methoxy groups -OCH3 is 1. The molecule has 1 aromatic heterocycles. The molecule has 1 saturated heterocycles. The number of fused-ring (bicyclic) bond motifs is 1. The number of benzene rings is 2. The van der Waals surface area contributed by atoms with Crippen molar-refractivity contribution in [2.24, 2.45) is 11.8 Å². The van der Waals surface area contributed by atoms with E-state index in [1.54, 1.807) is 7.11 Å². The van der Waals surface area contributed by atoms with Crippen LogP contribution in [0.2, 0.25) is 0 Å². The number of rotatable bonds is 8. The Kier molecular flexibility index (Phi) is 9.26. The average Bonchev–Trinajstić information content (AvgIpc) is 2.91. The Labute approximate surface area is 222 Å². The van der Waals surface area contributed by atoms with Gasteiger partial charge in [0, 0.05) is 36.8 Å². The number of aliphatic hydroxyl groups is 1. The van der Waals surface area contributed by atoms with Crippen LogP contribution in [0.25, 0.3) is 10.9 Å². The zero-order valence-corrected chi connectivity index (χ0v) is 22.1. The first-order valence-electron chi connectivity index (χ1n) is 12.9. The second-order valence-electron chi connectivity index (χ2n) is 10.1. The normalized spacial score (nSPS) is 18.8. The Bertz CT molecular complexity index is 1320.